The Kier molecular flexibility index (Phi) is 4.37. The molecule has 3 nitrogen and oxygen atoms in total. The molecule has 98 valence electrons. The number of benzene rings is 1. The molecule has 0 bridgehead atoms. The molecule has 18 heavy (non-hydrogen) atoms. The molecule has 1 unspecified atom stereocenters. The largest absolute Gasteiger partial charge is 0.337 e. The maximum Gasteiger partial charge on any atom is 0.240 e. The summed E-state index contributed by atoms with van der Waals surface area (Å²) >= 11 is 0. The Labute approximate surface area is 109 Å². The van der Waals surface area contributed by atoms with E-state index in [9.17, 15) is 4.79 Å². The Morgan fingerprint density at radius 1 is 1.39 bits per heavy atom. The molecule has 0 aliphatic carbocycles. The van der Waals surface area contributed by atoms with Crippen molar-refractivity contribution in [1.82, 2.24) is 10.2 Å². The number of likely N-dealkylation sites (tertiary alicyclic amines) is 1. The number of hydrogen-bond donors (Lipinski definition) is 1. The number of carbonyl (C=O) groups excluding carboxylic acids is 1. The maximum absolute atomic E-state index is 12.2. The first kappa shape index (κ1) is 13.1. The van der Waals surface area contributed by atoms with E-state index >= 15 is 0 Å². The van der Waals surface area contributed by atoms with Gasteiger partial charge in [0, 0.05) is 13.1 Å². The van der Waals surface area contributed by atoms with Gasteiger partial charge >= 0.3 is 0 Å². The summed E-state index contributed by atoms with van der Waals surface area (Å²) in [5, 5.41) is 3.32. The first-order valence-corrected chi connectivity index (χ1v) is 6.79. The van der Waals surface area contributed by atoms with Crippen molar-refractivity contribution in [2.45, 2.75) is 39.3 Å². The molecule has 2 rings (SSSR count). The van der Waals surface area contributed by atoms with Crippen molar-refractivity contribution in [3.05, 3.63) is 35.4 Å². The van der Waals surface area contributed by atoms with E-state index in [1.807, 2.05) is 17.0 Å². The Bertz CT molecular complexity index is 417. The molecule has 3 heteroatoms. The zero-order valence-electron chi connectivity index (χ0n) is 11.3. The first-order chi connectivity index (χ1) is 8.72. The lowest BCUT2D eigenvalue weighted by Crippen LogP contribution is -2.38. The summed E-state index contributed by atoms with van der Waals surface area (Å²) in [6.07, 6.45) is 2.01. The lowest BCUT2D eigenvalue weighted by atomic mass is 10.1. The highest BCUT2D eigenvalue weighted by Gasteiger charge is 2.30. The minimum Gasteiger partial charge on any atom is -0.337 e. The second-order valence-electron chi connectivity index (χ2n) is 4.98. The van der Waals surface area contributed by atoms with Gasteiger partial charge in [-0.3, -0.25) is 4.79 Å². The third kappa shape index (κ3) is 2.91. The first-order valence-electron chi connectivity index (χ1n) is 6.79. The molecule has 1 aromatic rings. The van der Waals surface area contributed by atoms with Gasteiger partial charge in [-0.05, 0) is 37.4 Å². The van der Waals surface area contributed by atoms with Crippen molar-refractivity contribution >= 4 is 5.91 Å². The highest BCUT2D eigenvalue weighted by atomic mass is 16.2. The van der Waals surface area contributed by atoms with Crippen LogP contribution >= 0.6 is 0 Å². The van der Waals surface area contributed by atoms with Gasteiger partial charge in [0.2, 0.25) is 5.91 Å². The monoisotopic (exact) mass is 246 g/mol. The Morgan fingerprint density at radius 3 is 2.89 bits per heavy atom. The molecule has 0 spiro atoms. The van der Waals surface area contributed by atoms with Crippen LogP contribution in [-0.4, -0.2) is 29.9 Å². The highest BCUT2D eigenvalue weighted by molar-refractivity contribution is 5.84. The summed E-state index contributed by atoms with van der Waals surface area (Å²) in [6.45, 7) is 6.76. The summed E-state index contributed by atoms with van der Waals surface area (Å²) in [5.41, 5.74) is 2.51. The van der Waals surface area contributed by atoms with Gasteiger partial charge in [0.1, 0.15) is 0 Å². The van der Waals surface area contributed by atoms with Gasteiger partial charge in [-0.15, -0.1) is 0 Å². The molecule has 1 aliphatic heterocycles. The number of carbonyl (C=O) groups is 1. The van der Waals surface area contributed by atoms with Gasteiger partial charge in [-0.2, -0.15) is 0 Å². The molecule has 1 N–H and O–H groups in total. The van der Waals surface area contributed by atoms with Crippen LogP contribution in [0.4, 0.5) is 0 Å². The average molecular weight is 246 g/mol. The van der Waals surface area contributed by atoms with Gasteiger partial charge in [-0.1, -0.05) is 31.2 Å². The minimum atomic E-state index is 0.0361. The van der Waals surface area contributed by atoms with Gasteiger partial charge in [0.25, 0.3) is 0 Å². The van der Waals surface area contributed by atoms with Crippen molar-refractivity contribution in [2.75, 3.05) is 13.1 Å². The lowest BCUT2D eigenvalue weighted by Gasteiger charge is -2.18. The van der Waals surface area contributed by atoms with E-state index in [0.29, 0.717) is 0 Å². The van der Waals surface area contributed by atoms with Gasteiger partial charge in [-0.25, -0.2) is 0 Å². The maximum atomic E-state index is 12.2. The molecule has 1 saturated heterocycles. The lowest BCUT2D eigenvalue weighted by molar-refractivity contribution is -0.129. The zero-order valence-corrected chi connectivity index (χ0v) is 11.3. The van der Waals surface area contributed by atoms with E-state index in [1.165, 1.54) is 11.1 Å². The van der Waals surface area contributed by atoms with Crippen molar-refractivity contribution < 1.29 is 4.79 Å². The molecular weight excluding hydrogens is 224 g/mol. The van der Waals surface area contributed by atoms with Crippen LogP contribution in [0.3, 0.4) is 0 Å². The van der Waals surface area contributed by atoms with E-state index in [-0.39, 0.29) is 11.9 Å². The summed E-state index contributed by atoms with van der Waals surface area (Å²) in [5.74, 6) is 0.256. The average Bonchev–Trinajstić information content (AvgIpc) is 2.71. The van der Waals surface area contributed by atoms with E-state index in [0.717, 1.165) is 32.5 Å². The molecule has 1 heterocycles. The third-order valence-corrected chi connectivity index (χ3v) is 3.56. The predicted molar refractivity (Wildman–Crippen MR) is 73.3 cm³/mol. The fraction of sp³-hybridized carbons (Fsp3) is 0.533. The molecule has 1 atom stereocenters. The normalized spacial score (nSPS) is 19.6. The van der Waals surface area contributed by atoms with Gasteiger partial charge in [0.05, 0.1) is 6.04 Å². The van der Waals surface area contributed by atoms with Crippen molar-refractivity contribution in [2.24, 2.45) is 0 Å². The van der Waals surface area contributed by atoms with Crippen LogP contribution in [-0.2, 0) is 11.3 Å². The molecule has 1 amide bonds. The molecule has 1 fully saturated rings. The molecule has 0 aromatic heterocycles. The Hall–Kier alpha value is -1.35. The SMILES string of the molecule is CCCNC1CCN(Cc2ccccc2C)C1=O. The van der Waals surface area contributed by atoms with E-state index < -0.39 is 0 Å². The molecule has 0 saturated carbocycles. The van der Waals surface area contributed by atoms with Crippen molar-refractivity contribution in [3.63, 3.8) is 0 Å². The number of nitrogens with zero attached hydrogens (tertiary/aromatic N) is 1. The Morgan fingerprint density at radius 2 is 2.17 bits per heavy atom. The summed E-state index contributed by atoms with van der Waals surface area (Å²) < 4.78 is 0. The number of rotatable bonds is 5. The summed E-state index contributed by atoms with van der Waals surface area (Å²) in [4.78, 5) is 14.2. The fourth-order valence-electron chi connectivity index (χ4n) is 2.40. The van der Waals surface area contributed by atoms with E-state index in [1.54, 1.807) is 0 Å². The van der Waals surface area contributed by atoms with E-state index in [2.05, 4.69) is 31.3 Å². The number of aryl methyl sites for hydroxylation is 1. The van der Waals surface area contributed by atoms with Crippen LogP contribution in [0.25, 0.3) is 0 Å². The second kappa shape index (κ2) is 6.01. The Balaban J connectivity index is 1.96. The van der Waals surface area contributed by atoms with Crippen LogP contribution in [0.5, 0.6) is 0 Å². The highest BCUT2D eigenvalue weighted by Crippen LogP contribution is 2.17. The van der Waals surface area contributed by atoms with E-state index in [4.69, 9.17) is 0 Å². The third-order valence-electron chi connectivity index (χ3n) is 3.56. The predicted octanol–water partition coefficient (Wildman–Crippen LogP) is 2.10. The summed E-state index contributed by atoms with van der Waals surface area (Å²) in [6, 6.07) is 8.32. The number of nitrogens with one attached hydrogen (secondary N) is 1. The minimum absolute atomic E-state index is 0.0361. The van der Waals surface area contributed by atoms with Crippen molar-refractivity contribution in [3.8, 4) is 0 Å². The standard InChI is InChI=1S/C15H22N2O/c1-3-9-16-14-8-10-17(15(14)18)11-13-7-5-4-6-12(13)2/h4-7,14,16H,3,8-11H2,1-2H3. The number of amides is 1. The topological polar surface area (TPSA) is 32.3 Å². The summed E-state index contributed by atoms with van der Waals surface area (Å²) in [7, 11) is 0. The second-order valence-corrected chi connectivity index (χ2v) is 4.98. The number of hydrogen-bond acceptors (Lipinski definition) is 2. The van der Waals surface area contributed by atoms with Gasteiger partial charge in [0.15, 0.2) is 0 Å². The molecule has 1 aromatic carbocycles. The van der Waals surface area contributed by atoms with Crippen molar-refractivity contribution in [1.29, 1.82) is 0 Å². The smallest absolute Gasteiger partial charge is 0.240 e. The van der Waals surface area contributed by atoms with Crippen LogP contribution in [0, 0.1) is 6.92 Å². The molecule has 0 radical (unpaired) electrons. The van der Waals surface area contributed by atoms with Crippen LogP contribution in [0.15, 0.2) is 24.3 Å². The quantitative estimate of drug-likeness (QED) is 0.863. The fourth-order valence-corrected chi connectivity index (χ4v) is 2.40. The van der Waals surface area contributed by atoms with Crippen LogP contribution < -0.4 is 5.32 Å². The van der Waals surface area contributed by atoms with Gasteiger partial charge < -0.3 is 10.2 Å². The van der Waals surface area contributed by atoms with Crippen LogP contribution in [0.1, 0.15) is 30.9 Å². The molecule has 1 aliphatic rings. The molecular formula is C15H22N2O. The van der Waals surface area contributed by atoms with Crippen LogP contribution in [0.2, 0.25) is 0 Å². The zero-order chi connectivity index (χ0) is 13.0.